The van der Waals surface area contributed by atoms with E-state index in [-0.39, 0.29) is 11.6 Å². The molecule has 1 aromatic heterocycles. The number of hydrogen-bond donors (Lipinski definition) is 2. The highest BCUT2D eigenvalue weighted by Crippen LogP contribution is 2.44. The topological polar surface area (TPSA) is 77.9 Å². The van der Waals surface area contributed by atoms with Crippen molar-refractivity contribution in [2.24, 2.45) is 5.18 Å². The summed E-state index contributed by atoms with van der Waals surface area (Å²) in [5, 5.41) is 13.9. The van der Waals surface area contributed by atoms with Crippen LogP contribution in [0.4, 0.5) is 5.69 Å². The minimum absolute atomic E-state index is 0.0663. The van der Waals surface area contributed by atoms with E-state index in [2.05, 4.69) is 22.0 Å². The number of para-hydroxylation sites is 1. The van der Waals surface area contributed by atoms with Gasteiger partial charge in [0.2, 0.25) is 5.88 Å². The molecule has 1 aliphatic rings. The second-order valence-corrected chi connectivity index (χ2v) is 6.77. The SMILES string of the molecule is CCOc1ccccc1-c1cc2c(N=O)c(O)[nH]c2c2c1CCN(CC)C2. The summed E-state index contributed by atoms with van der Waals surface area (Å²) in [7, 11) is 0. The highest BCUT2D eigenvalue weighted by molar-refractivity contribution is 6.00. The predicted octanol–water partition coefficient (Wildman–Crippen LogP) is 4.72. The van der Waals surface area contributed by atoms with Crippen LogP contribution in [0.1, 0.15) is 25.0 Å². The molecule has 0 bridgehead atoms. The molecule has 0 unspecified atom stereocenters. The van der Waals surface area contributed by atoms with Gasteiger partial charge in [0.15, 0.2) is 5.69 Å². The third kappa shape index (κ3) is 2.86. The first-order valence-electron chi connectivity index (χ1n) is 9.35. The van der Waals surface area contributed by atoms with Gasteiger partial charge in [-0.25, -0.2) is 0 Å². The highest BCUT2D eigenvalue weighted by atomic mass is 16.5. The summed E-state index contributed by atoms with van der Waals surface area (Å²) in [6.07, 6.45) is 0.901. The van der Waals surface area contributed by atoms with Crippen molar-refractivity contribution in [1.29, 1.82) is 0 Å². The lowest BCUT2D eigenvalue weighted by Gasteiger charge is -2.30. The minimum Gasteiger partial charge on any atom is -0.493 e. The third-order valence-corrected chi connectivity index (χ3v) is 5.35. The summed E-state index contributed by atoms with van der Waals surface area (Å²) in [4.78, 5) is 16.7. The number of benzene rings is 2. The molecule has 0 aliphatic carbocycles. The molecule has 0 spiro atoms. The Balaban J connectivity index is 2.03. The molecule has 0 radical (unpaired) electrons. The van der Waals surface area contributed by atoms with Crippen LogP contribution in [-0.4, -0.2) is 34.7 Å². The van der Waals surface area contributed by atoms with Gasteiger partial charge in [-0.3, -0.25) is 4.90 Å². The molecular weight excluding hydrogens is 342 g/mol. The molecule has 0 amide bonds. The van der Waals surface area contributed by atoms with Crippen LogP contribution in [0.2, 0.25) is 0 Å². The quantitative estimate of drug-likeness (QED) is 0.642. The van der Waals surface area contributed by atoms with E-state index in [1.165, 1.54) is 5.56 Å². The fourth-order valence-electron chi connectivity index (χ4n) is 4.02. The van der Waals surface area contributed by atoms with Gasteiger partial charge in [0, 0.05) is 24.0 Å². The smallest absolute Gasteiger partial charge is 0.219 e. The number of nitrogens with zero attached hydrogens (tertiary/aromatic N) is 2. The molecule has 2 heterocycles. The van der Waals surface area contributed by atoms with Gasteiger partial charge in [-0.05, 0) is 53.9 Å². The molecular formula is C21H23N3O3. The maximum Gasteiger partial charge on any atom is 0.219 e. The summed E-state index contributed by atoms with van der Waals surface area (Å²) in [6.45, 7) is 7.38. The Kier molecular flexibility index (Phi) is 4.58. The van der Waals surface area contributed by atoms with Crippen LogP contribution in [0.3, 0.4) is 0 Å². The number of likely N-dealkylation sites (N-methyl/N-ethyl adjacent to an activating group) is 1. The Morgan fingerprint density at radius 1 is 1.22 bits per heavy atom. The van der Waals surface area contributed by atoms with Gasteiger partial charge in [-0.15, -0.1) is 4.91 Å². The Hall–Kier alpha value is -2.86. The normalized spacial score (nSPS) is 14.3. The Labute approximate surface area is 157 Å². The summed E-state index contributed by atoms with van der Waals surface area (Å²) >= 11 is 0. The first-order chi connectivity index (χ1) is 13.2. The lowest BCUT2D eigenvalue weighted by Crippen LogP contribution is -2.30. The molecule has 0 saturated carbocycles. The minimum atomic E-state index is -0.175. The number of H-pyrrole nitrogens is 1. The molecule has 1 aliphatic heterocycles. The highest BCUT2D eigenvalue weighted by Gasteiger charge is 2.26. The molecule has 0 saturated heterocycles. The van der Waals surface area contributed by atoms with Crippen LogP contribution >= 0.6 is 0 Å². The van der Waals surface area contributed by atoms with Crippen molar-refractivity contribution in [3.8, 4) is 22.8 Å². The molecule has 0 fully saturated rings. The number of rotatable bonds is 5. The number of fused-ring (bicyclic) bond motifs is 3. The summed E-state index contributed by atoms with van der Waals surface area (Å²) in [5.41, 5.74) is 5.26. The van der Waals surface area contributed by atoms with Gasteiger partial charge in [0.25, 0.3) is 0 Å². The van der Waals surface area contributed by atoms with Crippen molar-refractivity contribution in [2.75, 3.05) is 19.7 Å². The van der Waals surface area contributed by atoms with E-state index in [0.29, 0.717) is 12.0 Å². The van der Waals surface area contributed by atoms with Crippen LogP contribution in [0, 0.1) is 4.91 Å². The fourth-order valence-corrected chi connectivity index (χ4v) is 4.02. The lowest BCUT2D eigenvalue weighted by atomic mass is 9.88. The van der Waals surface area contributed by atoms with E-state index in [9.17, 15) is 10.0 Å². The van der Waals surface area contributed by atoms with Crippen molar-refractivity contribution >= 4 is 16.6 Å². The van der Waals surface area contributed by atoms with Gasteiger partial charge < -0.3 is 14.8 Å². The predicted molar refractivity (Wildman–Crippen MR) is 107 cm³/mol. The lowest BCUT2D eigenvalue weighted by molar-refractivity contribution is 0.269. The molecule has 6 nitrogen and oxygen atoms in total. The molecule has 140 valence electrons. The molecule has 2 N–H and O–H groups in total. The fraction of sp³-hybridized carbons (Fsp3) is 0.333. The van der Waals surface area contributed by atoms with Crippen molar-refractivity contribution < 1.29 is 9.84 Å². The van der Waals surface area contributed by atoms with Crippen LogP contribution in [0.15, 0.2) is 35.5 Å². The molecule has 0 atom stereocenters. The molecule has 4 rings (SSSR count). The van der Waals surface area contributed by atoms with Crippen molar-refractivity contribution in [2.45, 2.75) is 26.8 Å². The number of aromatic nitrogens is 1. The second kappa shape index (κ2) is 7.04. The van der Waals surface area contributed by atoms with E-state index >= 15 is 0 Å². The third-order valence-electron chi connectivity index (χ3n) is 5.35. The molecule has 2 aromatic carbocycles. The van der Waals surface area contributed by atoms with Crippen molar-refractivity contribution in [3.05, 3.63) is 46.4 Å². The van der Waals surface area contributed by atoms with Crippen LogP contribution < -0.4 is 4.74 Å². The maximum absolute atomic E-state index is 11.3. The van der Waals surface area contributed by atoms with E-state index in [0.717, 1.165) is 54.0 Å². The van der Waals surface area contributed by atoms with Crippen LogP contribution in [0.5, 0.6) is 11.6 Å². The van der Waals surface area contributed by atoms with Gasteiger partial charge in [0.1, 0.15) is 5.75 Å². The maximum atomic E-state index is 11.3. The number of ether oxygens (including phenoxy) is 1. The van der Waals surface area contributed by atoms with Gasteiger partial charge in [-0.2, -0.15) is 0 Å². The van der Waals surface area contributed by atoms with E-state index in [1.54, 1.807) is 0 Å². The Bertz CT molecular complexity index is 1010. The zero-order chi connectivity index (χ0) is 19.0. The number of hydrogen-bond acceptors (Lipinski definition) is 5. The molecule has 3 aromatic rings. The Morgan fingerprint density at radius 2 is 2.04 bits per heavy atom. The monoisotopic (exact) mass is 365 g/mol. The average molecular weight is 365 g/mol. The number of aromatic amines is 1. The first-order valence-corrected chi connectivity index (χ1v) is 9.35. The molecule has 27 heavy (non-hydrogen) atoms. The summed E-state index contributed by atoms with van der Waals surface area (Å²) < 4.78 is 5.85. The largest absolute Gasteiger partial charge is 0.493 e. The Morgan fingerprint density at radius 3 is 2.78 bits per heavy atom. The summed E-state index contributed by atoms with van der Waals surface area (Å²) in [5.74, 6) is 0.644. The van der Waals surface area contributed by atoms with Crippen LogP contribution in [-0.2, 0) is 13.0 Å². The van der Waals surface area contributed by atoms with Crippen molar-refractivity contribution in [3.63, 3.8) is 0 Å². The second-order valence-electron chi connectivity index (χ2n) is 6.77. The standard InChI is InChI=1S/C21H23N3O3/c1-3-24-10-9-13-15(14-7-5-6-8-18(14)27-4-2)11-16-19(17(13)12-24)22-21(25)20(16)23-26/h5-8,11,22,25H,3-4,9-10,12H2,1-2H3. The van der Waals surface area contributed by atoms with Gasteiger partial charge >= 0.3 is 0 Å². The van der Waals surface area contributed by atoms with Gasteiger partial charge in [0.05, 0.1) is 12.1 Å². The van der Waals surface area contributed by atoms with Crippen molar-refractivity contribution in [1.82, 2.24) is 9.88 Å². The number of nitroso groups, excluding NO2 is 1. The molecule has 6 heteroatoms. The van der Waals surface area contributed by atoms with Gasteiger partial charge in [-0.1, -0.05) is 25.1 Å². The van der Waals surface area contributed by atoms with E-state index in [4.69, 9.17) is 4.74 Å². The van der Waals surface area contributed by atoms with E-state index < -0.39 is 0 Å². The number of aromatic hydroxyl groups is 1. The van der Waals surface area contributed by atoms with Crippen LogP contribution in [0.25, 0.3) is 22.0 Å². The zero-order valence-electron chi connectivity index (χ0n) is 15.6. The number of nitrogens with one attached hydrogen (secondary N) is 1. The average Bonchev–Trinajstić information content (AvgIpc) is 3.03. The first kappa shape index (κ1) is 17.5. The summed E-state index contributed by atoms with van der Waals surface area (Å²) in [6, 6.07) is 9.91. The van der Waals surface area contributed by atoms with E-state index in [1.807, 2.05) is 37.3 Å². The zero-order valence-corrected chi connectivity index (χ0v) is 15.6.